The molecule has 7 heteroatoms. The van der Waals surface area contributed by atoms with E-state index in [1.807, 2.05) is 6.92 Å². The van der Waals surface area contributed by atoms with Gasteiger partial charge >= 0.3 is 6.18 Å². The SMILES string of the molecule is Cc1cc(-c2ccccc2C(F)(F)F)cc2[nH]c(C3=CC4(CCCCC4)ON3)nc12. The van der Waals surface area contributed by atoms with E-state index in [0.717, 1.165) is 48.5 Å². The predicted octanol–water partition coefficient (Wildman–Crippen LogP) is 6.14. The Morgan fingerprint density at radius 3 is 2.60 bits per heavy atom. The zero-order valence-corrected chi connectivity index (χ0v) is 16.6. The molecule has 1 aliphatic carbocycles. The number of alkyl halides is 3. The first-order valence-electron chi connectivity index (χ1n) is 10.2. The topological polar surface area (TPSA) is 49.9 Å². The summed E-state index contributed by atoms with van der Waals surface area (Å²) in [7, 11) is 0. The summed E-state index contributed by atoms with van der Waals surface area (Å²) < 4.78 is 40.4. The molecule has 1 fully saturated rings. The molecule has 1 aromatic heterocycles. The maximum Gasteiger partial charge on any atom is 0.417 e. The summed E-state index contributed by atoms with van der Waals surface area (Å²) in [5.41, 5.74) is 5.79. The van der Waals surface area contributed by atoms with Crippen LogP contribution in [0, 0.1) is 6.92 Å². The van der Waals surface area contributed by atoms with Gasteiger partial charge in [-0.2, -0.15) is 13.2 Å². The lowest BCUT2D eigenvalue weighted by atomic mass is 9.84. The summed E-state index contributed by atoms with van der Waals surface area (Å²) in [4.78, 5) is 13.8. The Balaban J connectivity index is 1.56. The van der Waals surface area contributed by atoms with Crippen LogP contribution in [-0.2, 0) is 11.0 Å². The van der Waals surface area contributed by atoms with Crippen LogP contribution in [0.2, 0.25) is 0 Å². The number of hydrogen-bond donors (Lipinski definition) is 2. The summed E-state index contributed by atoms with van der Waals surface area (Å²) in [5, 5.41) is 0. The number of fused-ring (bicyclic) bond motifs is 1. The molecule has 1 saturated carbocycles. The molecule has 0 radical (unpaired) electrons. The Hall–Kier alpha value is -2.80. The molecule has 2 heterocycles. The minimum absolute atomic E-state index is 0.161. The zero-order chi connectivity index (χ0) is 20.9. The Labute approximate surface area is 172 Å². The van der Waals surface area contributed by atoms with Crippen molar-refractivity contribution in [3.63, 3.8) is 0 Å². The van der Waals surface area contributed by atoms with Crippen molar-refractivity contribution in [2.75, 3.05) is 0 Å². The van der Waals surface area contributed by atoms with Gasteiger partial charge in [-0.3, -0.25) is 10.3 Å². The lowest BCUT2D eigenvalue weighted by molar-refractivity contribution is -0.137. The molecule has 30 heavy (non-hydrogen) atoms. The van der Waals surface area contributed by atoms with Crippen molar-refractivity contribution in [2.45, 2.75) is 50.8 Å². The summed E-state index contributed by atoms with van der Waals surface area (Å²) >= 11 is 0. The molecule has 156 valence electrons. The molecule has 1 aliphatic heterocycles. The third-order valence-electron chi connectivity index (χ3n) is 6.05. The molecular weight excluding hydrogens is 391 g/mol. The molecule has 0 atom stereocenters. The van der Waals surface area contributed by atoms with Crippen molar-refractivity contribution in [3.8, 4) is 11.1 Å². The monoisotopic (exact) mass is 413 g/mol. The van der Waals surface area contributed by atoms with Crippen molar-refractivity contribution in [1.29, 1.82) is 0 Å². The second-order valence-electron chi connectivity index (χ2n) is 8.21. The van der Waals surface area contributed by atoms with Crippen LogP contribution < -0.4 is 5.48 Å². The summed E-state index contributed by atoms with van der Waals surface area (Å²) in [6, 6.07) is 9.13. The van der Waals surface area contributed by atoms with E-state index in [9.17, 15) is 13.2 Å². The van der Waals surface area contributed by atoms with Gasteiger partial charge in [0.2, 0.25) is 0 Å². The van der Waals surface area contributed by atoms with Gasteiger partial charge in [0.05, 0.1) is 16.6 Å². The molecule has 0 amide bonds. The molecule has 2 aliphatic rings. The van der Waals surface area contributed by atoms with E-state index >= 15 is 0 Å². The smallest absolute Gasteiger partial charge is 0.337 e. The molecule has 4 nitrogen and oxygen atoms in total. The lowest BCUT2D eigenvalue weighted by Crippen LogP contribution is -2.31. The summed E-state index contributed by atoms with van der Waals surface area (Å²) in [6.45, 7) is 1.86. The second-order valence-corrected chi connectivity index (χ2v) is 8.21. The van der Waals surface area contributed by atoms with E-state index in [1.54, 1.807) is 18.2 Å². The highest BCUT2D eigenvalue weighted by molar-refractivity contribution is 5.87. The van der Waals surface area contributed by atoms with Crippen molar-refractivity contribution in [2.24, 2.45) is 0 Å². The summed E-state index contributed by atoms with van der Waals surface area (Å²) in [5.74, 6) is 0.636. The van der Waals surface area contributed by atoms with Gasteiger partial charge in [-0.15, -0.1) is 0 Å². The van der Waals surface area contributed by atoms with Gasteiger partial charge in [0.25, 0.3) is 0 Å². The molecule has 5 rings (SSSR count). The zero-order valence-electron chi connectivity index (χ0n) is 16.6. The van der Waals surface area contributed by atoms with Crippen LogP contribution in [0.4, 0.5) is 13.2 Å². The number of benzene rings is 2. The first-order chi connectivity index (χ1) is 14.3. The van der Waals surface area contributed by atoms with E-state index in [0.29, 0.717) is 16.9 Å². The number of aryl methyl sites for hydroxylation is 1. The molecule has 3 aromatic rings. The largest absolute Gasteiger partial charge is 0.417 e. The highest BCUT2D eigenvalue weighted by Crippen LogP contribution is 2.40. The van der Waals surface area contributed by atoms with Gasteiger partial charge in [-0.05, 0) is 60.7 Å². The van der Waals surface area contributed by atoms with Crippen LogP contribution in [0.1, 0.15) is 49.1 Å². The number of halogens is 3. The normalized spacial score (nSPS) is 18.6. The van der Waals surface area contributed by atoms with E-state index in [-0.39, 0.29) is 11.2 Å². The van der Waals surface area contributed by atoms with Gasteiger partial charge in [0.15, 0.2) is 5.82 Å². The number of aromatic amines is 1. The Morgan fingerprint density at radius 2 is 1.83 bits per heavy atom. The van der Waals surface area contributed by atoms with Crippen LogP contribution in [0.25, 0.3) is 27.9 Å². The highest BCUT2D eigenvalue weighted by Gasteiger charge is 2.37. The Morgan fingerprint density at radius 1 is 1.07 bits per heavy atom. The first-order valence-corrected chi connectivity index (χ1v) is 10.2. The third-order valence-corrected chi connectivity index (χ3v) is 6.05. The average molecular weight is 413 g/mol. The first kappa shape index (κ1) is 19.2. The fraction of sp³-hybridized carbons (Fsp3) is 0.348. The quantitative estimate of drug-likeness (QED) is 0.531. The summed E-state index contributed by atoms with van der Waals surface area (Å²) in [6.07, 6.45) is 3.11. The number of nitrogens with zero attached hydrogens (tertiary/aromatic N) is 1. The molecule has 0 bridgehead atoms. The van der Waals surface area contributed by atoms with Crippen LogP contribution >= 0.6 is 0 Å². The molecule has 0 unspecified atom stereocenters. The molecular formula is C23H22F3N3O. The third kappa shape index (κ3) is 3.27. The van der Waals surface area contributed by atoms with Crippen LogP contribution in [0.3, 0.4) is 0 Å². The predicted molar refractivity (Wildman–Crippen MR) is 109 cm³/mol. The number of aromatic nitrogens is 2. The Bertz CT molecular complexity index is 1140. The van der Waals surface area contributed by atoms with Gasteiger partial charge in [0, 0.05) is 0 Å². The lowest BCUT2D eigenvalue weighted by Gasteiger charge is -2.29. The number of hydroxylamine groups is 1. The van der Waals surface area contributed by atoms with Crippen LogP contribution in [-0.4, -0.2) is 15.6 Å². The van der Waals surface area contributed by atoms with Gasteiger partial charge in [-0.25, -0.2) is 4.98 Å². The van der Waals surface area contributed by atoms with Gasteiger partial charge in [-0.1, -0.05) is 37.5 Å². The number of hydrogen-bond acceptors (Lipinski definition) is 3. The minimum Gasteiger partial charge on any atom is -0.337 e. The van der Waals surface area contributed by atoms with Crippen molar-refractivity contribution in [3.05, 3.63) is 59.4 Å². The Kier molecular flexibility index (Phi) is 4.39. The van der Waals surface area contributed by atoms with E-state index in [4.69, 9.17) is 4.84 Å². The maximum atomic E-state index is 13.5. The number of imidazole rings is 1. The molecule has 2 N–H and O–H groups in total. The minimum atomic E-state index is -4.41. The van der Waals surface area contributed by atoms with Crippen molar-refractivity contribution in [1.82, 2.24) is 15.4 Å². The standard InChI is InChI=1S/C23H22F3N3O/c1-14-11-15(16-7-3-4-8-17(16)23(24,25)26)12-18-20(14)28-21(27-18)19-13-22(30-29-19)9-5-2-6-10-22/h3-4,7-8,11-13,29H,2,5-6,9-10H2,1H3,(H,27,28). The van der Waals surface area contributed by atoms with E-state index in [1.165, 1.54) is 18.6 Å². The van der Waals surface area contributed by atoms with Gasteiger partial charge in [0.1, 0.15) is 11.3 Å². The van der Waals surface area contributed by atoms with Crippen LogP contribution in [0.5, 0.6) is 0 Å². The number of rotatable bonds is 2. The van der Waals surface area contributed by atoms with Crippen molar-refractivity contribution >= 4 is 16.7 Å². The van der Waals surface area contributed by atoms with Crippen molar-refractivity contribution < 1.29 is 18.0 Å². The average Bonchev–Trinajstić information content (AvgIpc) is 3.33. The fourth-order valence-corrected chi connectivity index (χ4v) is 4.55. The maximum absolute atomic E-state index is 13.5. The van der Waals surface area contributed by atoms with Crippen LogP contribution in [0.15, 0.2) is 42.5 Å². The molecule has 2 aromatic carbocycles. The van der Waals surface area contributed by atoms with Gasteiger partial charge < -0.3 is 4.98 Å². The number of nitrogens with one attached hydrogen (secondary N) is 2. The van der Waals surface area contributed by atoms with E-state index in [2.05, 4.69) is 21.5 Å². The number of H-pyrrole nitrogens is 1. The highest BCUT2D eigenvalue weighted by atomic mass is 19.4. The fourth-order valence-electron chi connectivity index (χ4n) is 4.55. The van der Waals surface area contributed by atoms with E-state index < -0.39 is 11.7 Å². The second kappa shape index (κ2) is 6.87. The molecule has 0 saturated heterocycles. The molecule has 1 spiro atoms.